The fourth-order valence-electron chi connectivity index (χ4n) is 2.74. The molecule has 1 unspecified atom stereocenters. The van der Waals surface area contributed by atoms with Crippen LogP contribution in [0.25, 0.3) is 0 Å². The van der Waals surface area contributed by atoms with Gasteiger partial charge in [0.25, 0.3) is 0 Å². The summed E-state index contributed by atoms with van der Waals surface area (Å²) < 4.78 is 0. The number of thioether (sulfide) groups is 1. The van der Waals surface area contributed by atoms with Crippen LogP contribution in [0.3, 0.4) is 0 Å². The molecule has 0 aromatic carbocycles. The summed E-state index contributed by atoms with van der Waals surface area (Å²) in [6.07, 6.45) is 2.41. The van der Waals surface area contributed by atoms with Gasteiger partial charge in [0.05, 0.1) is 5.75 Å². The van der Waals surface area contributed by atoms with E-state index in [0.717, 1.165) is 32.7 Å². The first-order chi connectivity index (χ1) is 8.66. The Morgan fingerprint density at radius 1 is 1.33 bits per heavy atom. The van der Waals surface area contributed by atoms with E-state index in [1.165, 1.54) is 12.8 Å². The van der Waals surface area contributed by atoms with E-state index in [2.05, 4.69) is 29.1 Å². The molecule has 1 atom stereocenters. The average molecular weight is 271 g/mol. The summed E-state index contributed by atoms with van der Waals surface area (Å²) in [6, 6.07) is 0.366. The molecule has 4 nitrogen and oxygen atoms in total. The number of likely N-dealkylation sites (N-methyl/N-ethyl adjacent to an activating group) is 1. The second-order valence-corrected chi connectivity index (χ2v) is 6.75. The van der Waals surface area contributed by atoms with Crippen LogP contribution < -0.4 is 5.32 Å². The fraction of sp³-hybridized carbons (Fsp3) is 0.923. The van der Waals surface area contributed by atoms with Gasteiger partial charge in [-0.25, -0.2) is 0 Å². The molecule has 0 radical (unpaired) electrons. The van der Waals surface area contributed by atoms with Crippen LogP contribution in [0.5, 0.6) is 0 Å². The first-order valence-electron chi connectivity index (χ1n) is 6.97. The van der Waals surface area contributed by atoms with E-state index in [-0.39, 0.29) is 0 Å². The van der Waals surface area contributed by atoms with Crippen LogP contribution in [0.4, 0.5) is 0 Å². The molecule has 5 heteroatoms. The number of carbonyl (C=O) groups excluding carboxylic acids is 1. The van der Waals surface area contributed by atoms with Gasteiger partial charge in [0.2, 0.25) is 5.91 Å². The van der Waals surface area contributed by atoms with E-state index >= 15 is 0 Å². The Morgan fingerprint density at radius 3 is 2.72 bits per heavy atom. The normalized spacial score (nSPS) is 27.4. The van der Waals surface area contributed by atoms with Crippen LogP contribution in [0, 0.1) is 0 Å². The van der Waals surface area contributed by atoms with E-state index < -0.39 is 0 Å². The van der Waals surface area contributed by atoms with E-state index in [1.54, 1.807) is 0 Å². The van der Waals surface area contributed by atoms with Gasteiger partial charge in [-0.2, -0.15) is 0 Å². The number of amides is 1. The molecule has 2 rings (SSSR count). The van der Waals surface area contributed by atoms with Gasteiger partial charge in [-0.15, -0.1) is 11.8 Å². The summed E-state index contributed by atoms with van der Waals surface area (Å²) in [5.41, 5.74) is 0. The zero-order valence-corrected chi connectivity index (χ0v) is 12.3. The minimum atomic E-state index is 0.333. The van der Waals surface area contributed by atoms with E-state index in [4.69, 9.17) is 0 Å². The number of rotatable bonds is 3. The van der Waals surface area contributed by atoms with Gasteiger partial charge in [0.15, 0.2) is 0 Å². The van der Waals surface area contributed by atoms with Crippen molar-refractivity contribution in [1.82, 2.24) is 15.1 Å². The van der Waals surface area contributed by atoms with Crippen molar-refractivity contribution in [2.45, 2.75) is 31.1 Å². The molecule has 18 heavy (non-hydrogen) atoms. The summed E-state index contributed by atoms with van der Waals surface area (Å²) in [5.74, 6) is 0.998. The lowest BCUT2D eigenvalue weighted by Crippen LogP contribution is -2.53. The third kappa shape index (κ3) is 3.87. The molecule has 1 amide bonds. The van der Waals surface area contributed by atoms with Crippen LogP contribution >= 0.6 is 11.8 Å². The highest BCUT2D eigenvalue weighted by atomic mass is 32.2. The first kappa shape index (κ1) is 14.2. The molecule has 2 fully saturated rings. The Hall–Kier alpha value is -0.260. The molecular formula is C13H25N3OS. The summed E-state index contributed by atoms with van der Waals surface area (Å²) in [6.45, 7) is 7.28. The summed E-state index contributed by atoms with van der Waals surface area (Å²) in [7, 11) is 2.13. The highest BCUT2D eigenvalue weighted by Crippen LogP contribution is 2.21. The Labute approximate surface area is 114 Å². The minimum Gasteiger partial charge on any atom is -0.337 e. The highest BCUT2D eigenvalue weighted by molar-refractivity contribution is 8.00. The average Bonchev–Trinajstić information content (AvgIpc) is 2.37. The van der Waals surface area contributed by atoms with Crippen molar-refractivity contribution < 1.29 is 4.79 Å². The van der Waals surface area contributed by atoms with Crippen molar-refractivity contribution in [3.05, 3.63) is 0 Å². The smallest absolute Gasteiger partial charge is 0.232 e. The summed E-state index contributed by atoms with van der Waals surface area (Å²) >= 11 is 1.86. The molecule has 0 bridgehead atoms. The Morgan fingerprint density at radius 2 is 2.06 bits per heavy atom. The zero-order valence-electron chi connectivity index (χ0n) is 11.5. The molecule has 104 valence electrons. The van der Waals surface area contributed by atoms with Crippen molar-refractivity contribution >= 4 is 17.7 Å². The maximum atomic E-state index is 12.2. The molecule has 2 heterocycles. The maximum Gasteiger partial charge on any atom is 0.232 e. The van der Waals surface area contributed by atoms with Crippen LogP contribution in [0.1, 0.15) is 19.8 Å². The molecule has 0 aliphatic carbocycles. The maximum absolute atomic E-state index is 12.2. The summed E-state index contributed by atoms with van der Waals surface area (Å²) in [5, 5.41) is 4.04. The number of piperazine rings is 1. The van der Waals surface area contributed by atoms with Crippen LogP contribution in [0.15, 0.2) is 0 Å². The Kier molecular flexibility index (Phi) is 5.33. The van der Waals surface area contributed by atoms with E-state index in [9.17, 15) is 4.79 Å². The van der Waals surface area contributed by atoms with Crippen molar-refractivity contribution in [2.75, 3.05) is 45.5 Å². The predicted octanol–water partition coefficient (Wildman–Crippen LogP) is 0.634. The molecule has 0 aromatic heterocycles. The molecular weight excluding hydrogens is 246 g/mol. The number of carbonyl (C=O) groups is 1. The quantitative estimate of drug-likeness (QED) is 0.817. The molecule has 2 aliphatic rings. The fourth-order valence-corrected chi connectivity index (χ4v) is 3.86. The topological polar surface area (TPSA) is 35.6 Å². The third-order valence-corrected chi connectivity index (χ3v) is 5.24. The van der Waals surface area contributed by atoms with Crippen molar-refractivity contribution in [3.63, 3.8) is 0 Å². The monoisotopic (exact) mass is 271 g/mol. The van der Waals surface area contributed by atoms with Gasteiger partial charge in [-0.1, -0.05) is 0 Å². The van der Waals surface area contributed by atoms with Crippen LogP contribution in [-0.4, -0.2) is 72.5 Å². The van der Waals surface area contributed by atoms with Gasteiger partial charge < -0.3 is 15.1 Å². The first-order valence-corrected chi connectivity index (χ1v) is 8.02. The lowest BCUT2D eigenvalue weighted by atomic mass is 10.2. The summed E-state index contributed by atoms with van der Waals surface area (Å²) in [4.78, 5) is 16.6. The molecule has 0 spiro atoms. The third-order valence-electron chi connectivity index (χ3n) is 3.88. The SMILES string of the molecule is CC1CN(C)CCN1C(=O)CSC1CCNCC1. The molecule has 1 N–H and O–H groups in total. The molecule has 2 aliphatic heterocycles. The molecule has 0 aromatic rings. The second-order valence-electron chi connectivity index (χ2n) is 5.46. The number of hydrogen-bond acceptors (Lipinski definition) is 4. The van der Waals surface area contributed by atoms with Gasteiger partial charge in [0.1, 0.15) is 0 Å². The molecule has 2 saturated heterocycles. The van der Waals surface area contributed by atoms with Crippen molar-refractivity contribution in [1.29, 1.82) is 0 Å². The van der Waals surface area contributed by atoms with Crippen molar-refractivity contribution in [3.8, 4) is 0 Å². The van der Waals surface area contributed by atoms with Crippen LogP contribution in [0.2, 0.25) is 0 Å². The zero-order chi connectivity index (χ0) is 13.0. The standard InChI is InChI=1S/C13H25N3OS/c1-11-9-15(2)7-8-16(11)13(17)10-18-12-3-5-14-6-4-12/h11-12,14H,3-10H2,1-2H3. The van der Waals surface area contributed by atoms with Crippen molar-refractivity contribution in [2.24, 2.45) is 0 Å². The molecule has 0 saturated carbocycles. The number of nitrogens with zero attached hydrogens (tertiary/aromatic N) is 2. The number of piperidine rings is 1. The largest absolute Gasteiger partial charge is 0.337 e. The second kappa shape index (κ2) is 6.78. The lowest BCUT2D eigenvalue weighted by molar-refractivity contribution is -0.132. The van der Waals surface area contributed by atoms with Gasteiger partial charge in [-0.05, 0) is 39.9 Å². The Bertz CT molecular complexity index is 281. The van der Waals surface area contributed by atoms with Gasteiger partial charge in [-0.3, -0.25) is 4.79 Å². The van der Waals surface area contributed by atoms with Gasteiger partial charge >= 0.3 is 0 Å². The minimum absolute atomic E-state index is 0.333. The predicted molar refractivity (Wildman–Crippen MR) is 77.0 cm³/mol. The lowest BCUT2D eigenvalue weighted by Gasteiger charge is -2.38. The van der Waals surface area contributed by atoms with E-state index in [0.29, 0.717) is 23.0 Å². The highest BCUT2D eigenvalue weighted by Gasteiger charge is 2.26. The number of nitrogens with one attached hydrogen (secondary N) is 1. The number of hydrogen-bond donors (Lipinski definition) is 1. The van der Waals surface area contributed by atoms with Gasteiger partial charge in [0, 0.05) is 30.9 Å². The van der Waals surface area contributed by atoms with Crippen LogP contribution in [-0.2, 0) is 4.79 Å². The Balaban J connectivity index is 1.73. The van der Waals surface area contributed by atoms with E-state index in [1.807, 2.05) is 11.8 Å².